The minimum atomic E-state index is -0.553. The SMILES string of the molecule is C#CCOc1cc(Cl)ccc1[N+](=O)[O-]. The van der Waals surface area contributed by atoms with Crippen LogP contribution in [0, 0.1) is 22.5 Å². The zero-order chi connectivity index (χ0) is 10.6. The van der Waals surface area contributed by atoms with Crippen LogP contribution in [-0.4, -0.2) is 11.5 Å². The third-order valence-electron chi connectivity index (χ3n) is 1.43. The van der Waals surface area contributed by atoms with Crippen molar-refractivity contribution in [2.75, 3.05) is 6.61 Å². The van der Waals surface area contributed by atoms with Gasteiger partial charge in [-0.3, -0.25) is 10.1 Å². The fourth-order valence-corrected chi connectivity index (χ4v) is 1.04. The molecule has 14 heavy (non-hydrogen) atoms. The highest BCUT2D eigenvalue weighted by molar-refractivity contribution is 6.30. The third kappa shape index (κ3) is 2.38. The van der Waals surface area contributed by atoms with Crippen molar-refractivity contribution in [3.05, 3.63) is 33.3 Å². The van der Waals surface area contributed by atoms with Crippen LogP contribution >= 0.6 is 11.6 Å². The van der Waals surface area contributed by atoms with Gasteiger partial charge in [0.15, 0.2) is 5.75 Å². The summed E-state index contributed by atoms with van der Waals surface area (Å²) >= 11 is 5.65. The first-order valence-electron chi connectivity index (χ1n) is 3.65. The van der Waals surface area contributed by atoms with E-state index in [1.165, 1.54) is 18.2 Å². The van der Waals surface area contributed by atoms with E-state index in [4.69, 9.17) is 22.8 Å². The normalized spacial score (nSPS) is 9.14. The predicted octanol–water partition coefficient (Wildman–Crippen LogP) is 2.26. The molecule has 0 fully saturated rings. The number of terminal acetylenes is 1. The maximum Gasteiger partial charge on any atom is 0.311 e. The Morgan fingerprint density at radius 1 is 1.64 bits per heavy atom. The number of nitro benzene ring substituents is 1. The molecule has 0 saturated carbocycles. The Bertz CT molecular complexity index is 398. The lowest BCUT2D eigenvalue weighted by Crippen LogP contribution is -1.98. The van der Waals surface area contributed by atoms with Crippen molar-refractivity contribution < 1.29 is 9.66 Å². The maximum absolute atomic E-state index is 10.5. The molecule has 1 aromatic carbocycles. The summed E-state index contributed by atoms with van der Waals surface area (Å²) in [4.78, 5) is 9.97. The standard InChI is InChI=1S/C9H6ClNO3/c1-2-5-14-9-6-7(10)3-4-8(9)11(12)13/h1,3-4,6H,5H2. The number of hydrogen-bond acceptors (Lipinski definition) is 3. The summed E-state index contributed by atoms with van der Waals surface area (Å²) in [5.41, 5.74) is -0.148. The molecule has 0 amide bonds. The van der Waals surface area contributed by atoms with Crippen molar-refractivity contribution in [1.29, 1.82) is 0 Å². The van der Waals surface area contributed by atoms with Gasteiger partial charge in [0.25, 0.3) is 0 Å². The van der Waals surface area contributed by atoms with Gasteiger partial charge in [0, 0.05) is 17.2 Å². The van der Waals surface area contributed by atoms with Crippen LogP contribution < -0.4 is 4.74 Å². The van der Waals surface area contributed by atoms with Gasteiger partial charge < -0.3 is 4.74 Å². The van der Waals surface area contributed by atoms with Crippen LogP contribution in [0.2, 0.25) is 5.02 Å². The molecule has 0 radical (unpaired) electrons. The number of halogens is 1. The largest absolute Gasteiger partial charge is 0.474 e. The van der Waals surface area contributed by atoms with E-state index in [1.54, 1.807) is 0 Å². The van der Waals surface area contributed by atoms with Crippen molar-refractivity contribution in [2.45, 2.75) is 0 Å². The quantitative estimate of drug-likeness (QED) is 0.438. The van der Waals surface area contributed by atoms with E-state index in [-0.39, 0.29) is 18.0 Å². The summed E-state index contributed by atoms with van der Waals surface area (Å²) in [5, 5.41) is 10.9. The molecule has 1 rings (SSSR count). The first kappa shape index (κ1) is 10.4. The van der Waals surface area contributed by atoms with Crippen LogP contribution in [0.15, 0.2) is 18.2 Å². The highest BCUT2D eigenvalue weighted by atomic mass is 35.5. The number of nitro groups is 1. The molecule has 72 valence electrons. The minimum Gasteiger partial charge on any atom is -0.474 e. The molecule has 0 saturated heterocycles. The van der Waals surface area contributed by atoms with Crippen LogP contribution in [0.25, 0.3) is 0 Å². The lowest BCUT2D eigenvalue weighted by atomic mass is 10.3. The number of rotatable bonds is 3. The molecular weight excluding hydrogens is 206 g/mol. The Balaban J connectivity index is 3.04. The van der Waals surface area contributed by atoms with E-state index >= 15 is 0 Å². The highest BCUT2D eigenvalue weighted by Crippen LogP contribution is 2.29. The summed E-state index contributed by atoms with van der Waals surface area (Å²) in [6.45, 7) is -0.0266. The summed E-state index contributed by atoms with van der Waals surface area (Å²) in [5.74, 6) is 2.30. The number of ether oxygens (including phenoxy) is 1. The van der Waals surface area contributed by atoms with E-state index in [1.807, 2.05) is 0 Å². The van der Waals surface area contributed by atoms with Crippen LogP contribution in [0.4, 0.5) is 5.69 Å². The van der Waals surface area contributed by atoms with Crippen LogP contribution in [0.5, 0.6) is 5.75 Å². The highest BCUT2D eigenvalue weighted by Gasteiger charge is 2.14. The average Bonchev–Trinajstić information content (AvgIpc) is 2.14. The molecule has 0 bridgehead atoms. The van der Waals surface area contributed by atoms with Gasteiger partial charge in [-0.25, -0.2) is 0 Å². The zero-order valence-electron chi connectivity index (χ0n) is 7.07. The van der Waals surface area contributed by atoms with E-state index in [2.05, 4.69) is 5.92 Å². The van der Waals surface area contributed by atoms with Crippen LogP contribution in [0.1, 0.15) is 0 Å². The Hall–Kier alpha value is -1.73. The third-order valence-corrected chi connectivity index (χ3v) is 1.66. The van der Waals surface area contributed by atoms with Crippen molar-refractivity contribution in [2.24, 2.45) is 0 Å². The first-order chi connectivity index (χ1) is 6.65. The average molecular weight is 212 g/mol. The topological polar surface area (TPSA) is 52.4 Å². The summed E-state index contributed by atoms with van der Waals surface area (Å²) in [7, 11) is 0. The Labute approximate surface area is 85.6 Å². The van der Waals surface area contributed by atoms with Crippen molar-refractivity contribution in [3.8, 4) is 18.1 Å². The second-order valence-corrected chi connectivity index (χ2v) is 2.80. The monoisotopic (exact) mass is 211 g/mol. The van der Waals surface area contributed by atoms with Crippen LogP contribution in [-0.2, 0) is 0 Å². The van der Waals surface area contributed by atoms with Crippen LogP contribution in [0.3, 0.4) is 0 Å². The van der Waals surface area contributed by atoms with E-state index < -0.39 is 4.92 Å². The van der Waals surface area contributed by atoms with Gasteiger partial charge in [-0.1, -0.05) is 17.5 Å². The summed E-state index contributed by atoms with van der Waals surface area (Å²) in [6, 6.07) is 4.05. The summed E-state index contributed by atoms with van der Waals surface area (Å²) in [6.07, 6.45) is 4.96. The molecule has 0 aromatic heterocycles. The molecular formula is C9H6ClNO3. The number of hydrogen-bond donors (Lipinski definition) is 0. The van der Waals surface area contributed by atoms with Gasteiger partial charge in [0.1, 0.15) is 6.61 Å². The fourth-order valence-electron chi connectivity index (χ4n) is 0.874. The molecule has 0 aliphatic heterocycles. The molecule has 1 aromatic rings. The Morgan fingerprint density at radius 2 is 2.36 bits per heavy atom. The molecule has 0 unspecified atom stereocenters. The fraction of sp³-hybridized carbons (Fsp3) is 0.111. The van der Waals surface area contributed by atoms with E-state index in [9.17, 15) is 10.1 Å². The second-order valence-electron chi connectivity index (χ2n) is 2.36. The van der Waals surface area contributed by atoms with Gasteiger partial charge in [-0.15, -0.1) is 6.42 Å². The lowest BCUT2D eigenvalue weighted by Gasteiger charge is -2.02. The molecule has 0 atom stereocenters. The minimum absolute atomic E-state index is 0.0266. The Morgan fingerprint density at radius 3 is 2.93 bits per heavy atom. The van der Waals surface area contributed by atoms with Gasteiger partial charge in [-0.05, 0) is 6.07 Å². The molecule has 0 spiro atoms. The van der Waals surface area contributed by atoms with Crippen molar-refractivity contribution in [3.63, 3.8) is 0 Å². The lowest BCUT2D eigenvalue weighted by molar-refractivity contribution is -0.385. The molecule has 0 aliphatic carbocycles. The van der Waals surface area contributed by atoms with Gasteiger partial charge >= 0.3 is 5.69 Å². The van der Waals surface area contributed by atoms with Gasteiger partial charge in [0.05, 0.1) is 4.92 Å². The molecule has 4 nitrogen and oxygen atoms in total. The molecule has 0 heterocycles. The molecule has 0 aliphatic rings. The van der Waals surface area contributed by atoms with E-state index in [0.717, 1.165) is 0 Å². The maximum atomic E-state index is 10.5. The number of benzene rings is 1. The molecule has 5 heteroatoms. The molecule has 0 N–H and O–H groups in total. The Kier molecular flexibility index (Phi) is 3.32. The zero-order valence-corrected chi connectivity index (χ0v) is 7.82. The van der Waals surface area contributed by atoms with Gasteiger partial charge in [-0.2, -0.15) is 0 Å². The smallest absolute Gasteiger partial charge is 0.311 e. The number of nitrogens with zero attached hydrogens (tertiary/aromatic N) is 1. The van der Waals surface area contributed by atoms with Crippen molar-refractivity contribution >= 4 is 17.3 Å². The summed E-state index contributed by atoms with van der Waals surface area (Å²) < 4.78 is 4.97. The van der Waals surface area contributed by atoms with E-state index in [0.29, 0.717) is 5.02 Å². The second kappa shape index (κ2) is 4.49. The van der Waals surface area contributed by atoms with Crippen molar-refractivity contribution in [1.82, 2.24) is 0 Å². The first-order valence-corrected chi connectivity index (χ1v) is 4.03. The van der Waals surface area contributed by atoms with Gasteiger partial charge in [0.2, 0.25) is 0 Å². The predicted molar refractivity (Wildman–Crippen MR) is 52.4 cm³/mol.